The third-order valence-corrected chi connectivity index (χ3v) is 6.70. The summed E-state index contributed by atoms with van der Waals surface area (Å²) in [6, 6.07) is 14.5. The number of amides is 5. The van der Waals surface area contributed by atoms with E-state index in [1.807, 2.05) is 30.3 Å². The first-order valence-corrected chi connectivity index (χ1v) is 13.5. The predicted octanol–water partition coefficient (Wildman–Crippen LogP) is 1.33. The van der Waals surface area contributed by atoms with Crippen LogP contribution in [0.3, 0.4) is 0 Å². The van der Waals surface area contributed by atoms with E-state index in [2.05, 4.69) is 31.9 Å². The third kappa shape index (κ3) is 12.1. The van der Waals surface area contributed by atoms with Gasteiger partial charge in [0, 0.05) is 22.4 Å². The molecule has 204 valence electrons. The van der Waals surface area contributed by atoms with Crippen molar-refractivity contribution in [3.63, 3.8) is 0 Å². The minimum Gasteiger partial charge on any atom is -0.445 e. The molecular weight excluding hydrogens is 578 g/mol. The van der Waals surface area contributed by atoms with Gasteiger partial charge in [-0.25, -0.2) is 4.79 Å². The molecule has 2 aromatic carbocycles. The van der Waals surface area contributed by atoms with Crippen LogP contribution < -0.4 is 27.4 Å². The Morgan fingerprint density at radius 2 is 1.58 bits per heavy atom. The second-order valence-corrected chi connectivity index (χ2v) is 10.1. The number of rotatable bonds is 15. The van der Waals surface area contributed by atoms with Crippen LogP contribution in [0.1, 0.15) is 24.0 Å². The van der Waals surface area contributed by atoms with Crippen molar-refractivity contribution in [3.8, 4) is 0 Å². The van der Waals surface area contributed by atoms with E-state index in [1.54, 1.807) is 24.3 Å². The van der Waals surface area contributed by atoms with Gasteiger partial charge in [-0.3, -0.25) is 19.2 Å². The van der Waals surface area contributed by atoms with Gasteiger partial charge in [0.25, 0.3) is 0 Å². The number of ether oxygens (including phenoxy) is 1. The normalized spacial score (nSPS) is 12.0. The van der Waals surface area contributed by atoms with Crippen LogP contribution in [0.2, 0.25) is 0 Å². The van der Waals surface area contributed by atoms with Crippen LogP contribution in [0.25, 0.3) is 0 Å². The summed E-state index contributed by atoms with van der Waals surface area (Å²) in [5.74, 6) is -1.87. The van der Waals surface area contributed by atoms with E-state index in [0.717, 1.165) is 15.6 Å². The van der Waals surface area contributed by atoms with E-state index in [-0.39, 0.29) is 31.7 Å². The number of hydrogen-bond acceptors (Lipinski definition) is 7. The van der Waals surface area contributed by atoms with Gasteiger partial charge in [0.15, 0.2) is 0 Å². The summed E-state index contributed by atoms with van der Waals surface area (Å²) in [4.78, 5) is 60.1. The molecule has 0 aliphatic rings. The van der Waals surface area contributed by atoms with Crippen LogP contribution in [-0.2, 0) is 36.3 Å². The second kappa shape index (κ2) is 16.3. The van der Waals surface area contributed by atoms with Gasteiger partial charge >= 0.3 is 6.09 Å². The smallest absolute Gasteiger partial charge is 0.408 e. The van der Waals surface area contributed by atoms with Crippen LogP contribution in [0.15, 0.2) is 59.1 Å². The maximum atomic E-state index is 12.6. The van der Waals surface area contributed by atoms with Gasteiger partial charge in [0.05, 0.1) is 6.54 Å². The van der Waals surface area contributed by atoms with Crippen molar-refractivity contribution >= 4 is 57.4 Å². The van der Waals surface area contributed by atoms with E-state index < -0.39 is 41.8 Å². The molecule has 11 nitrogen and oxygen atoms in total. The van der Waals surface area contributed by atoms with E-state index in [1.165, 1.54) is 11.8 Å². The largest absolute Gasteiger partial charge is 0.445 e. The molecule has 2 rings (SSSR count). The van der Waals surface area contributed by atoms with Crippen molar-refractivity contribution in [2.45, 2.75) is 37.3 Å². The van der Waals surface area contributed by atoms with Gasteiger partial charge in [-0.05, 0) is 29.7 Å². The van der Waals surface area contributed by atoms with E-state index in [9.17, 15) is 24.0 Å². The SMILES string of the molecule is NC(=O)CNC(=O)C(CSCc1ccc(Br)cc1)NC(=O)CCC(NC(=O)OCc1ccccc1)C(N)=O. The molecule has 0 saturated heterocycles. The Balaban J connectivity index is 1.88. The average Bonchev–Trinajstić information content (AvgIpc) is 2.89. The predicted molar refractivity (Wildman–Crippen MR) is 146 cm³/mol. The van der Waals surface area contributed by atoms with Crippen molar-refractivity contribution in [3.05, 3.63) is 70.2 Å². The second-order valence-electron chi connectivity index (χ2n) is 8.15. The van der Waals surface area contributed by atoms with Gasteiger partial charge in [-0.1, -0.05) is 58.4 Å². The van der Waals surface area contributed by atoms with Crippen molar-refractivity contribution in [1.29, 1.82) is 0 Å². The molecule has 2 unspecified atom stereocenters. The summed E-state index contributed by atoms with van der Waals surface area (Å²) in [5.41, 5.74) is 12.3. The fourth-order valence-electron chi connectivity index (χ4n) is 3.09. The topological polar surface area (TPSA) is 183 Å². The maximum Gasteiger partial charge on any atom is 0.408 e. The maximum absolute atomic E-state index is 12.6. The number of alkyl carbamates (subject to hydrolysis) is 1. The number of benzene rings is 2. The molecular formula is C25H30BrN5O6S. The molecule has 5 amide bonds. The Hall–Kier alpha value is -3.58. The lowest BCUT2D eigenvalue weighted by Gasteiger charge is -2.19. The molecule has 0 aliphatic carbocycles. The zero-order valence-electron chi connectivity index (χ0n) is 20.5. The Morgan fingerprint density at radius 1 is 0.895 bits per heavy atom. The number of carbonyl (C=O) groups excluding carboxylic acids is 5. The molecule has 0 heterocycles. The summed E-state index contributed by atoms with van der Waals surface area (Å²) in [6.07, 6.45) is -1.17. The average molecular weight is 609 g/mol. The zero-order chi connectivity index (χ0) is 27.9. The lowest BCUT2D eigenvalue weighted by atomic mass is 10.1. The van der Waals surface area contributed by atoms with Crippen LogP contribution in [0, 0.1) is 0 Å². The summed E-state index contributed by atoms with van der Waals surface area (Å²) >= 11 is 4.78. The number of nitrogens with two attached hydrogens (primary N) is 2. The van der Waals surface area contributed by atoms with Gasteiger partial charge in [0.2, 0.25) is 23.6 Å². The Kier molecular flexibility index (Phi) is 13.1. The zero-order valence-corrected chi connectivity index (χ0v) is 22.9. The van der Waals surface area contributed by atoms with Gasteiger partial charge in [0.1, 0.15) is 18.7 Å². The first-order chi connectivity index (χ1) is 18.1. The summed E-state index contributed by atoms with van der Waals surface area (Å²) < 4.78 is 6.03. The van der Waals surface area contributed by atoms with Crippen molar-refractivity contribution < 1.29 is 28.7 Å². The van der Waals surface area contributed by atoms with Crippen molar-refractivity contribution in [1.82, 2.24) is 16.0 Å². The molecule has 2 aromatic rings. The number of hydrogen-bond donors (Lipinski definition) is 5. The highest BCUT2D eigenvalue weighted by atomic mass is 79.9. The van der Waals surface area contributed by atoms with Crippen LogP contribution in [0.4, 0.5) is 4.79 Å². The van der Waals surface area contributed by atoms with Gasteiger partial charge in [-0.2, -0.15) is 11.8 Å². The fraction of sp³-hybridized carbons (Fsp3) is 0.320. The molecule has 0 spiro atoms. The number of nitrogens with one attached hydrogen (secondary N) is 3. The van der Waals surface area contributed by atoms with E-state index in [4.69, 9.17) is 16.2 Å². The molecule has 0 radical (unpaired) electrons. The highest BCUT2D eigenvalue weighted by molar-refractivity contribution is 9.10. The number of thioether (sulfide) groups is 1. The molecule has 38 heavy (non-hydrogen) atoms. The summed E-state index contributed by atoms with van der Waals surface area (Å²) in [7, 11) is 0. The quantitative estimate of drug-likeness (QED) is 0.202. The van der Waals surface area contributed by atoms with Gasteiger partial charge < -0.3 is 32.2 Å². The van der Waals surface area contributed by atoms with E-state index >= 15 is 0 Å². The standard InChI is InChI=1S/C25H30BrN5O6S/c26-18-8-6-17(7-9-18)14-38-15-20(24(35)29-12-21(27)32)30-22(33)11-10-19(23(28)34)31-25(36)37-13-16-4-2-1-3-5-16/h1-9,19-20H,10-15H2,(H2,27,32)(H2,28,34)(H,29,35)(H,30,33)(H,31,36). The highest BCUT2D eigenvalue weighted by Gasteiger charge is 2.24. The van der Waals surface area contributed by atoms with Crippen molar-refractivity contribution in [2.24, 2.45) is 11.5 Å². The Morgan fingerprint density at radius 3 is 2.21 bits per heavy atom. The number of halogens is 1. The fourth-order valence-corrected chi connectivity index (χ4v) is 4.37. The Labute approximate surface area is 232 Å². The summed E-state index contributed by atoms with van der Waals surface area (Å²) in [5, 5.41) is 7.34. The minimum absolute atomic E-state index is 0.00133. The monoisotopic (exact) mass is 607 g/mol. The number of primary amides is 2. The number of carbonyl (C=O) groups is 5. The molecule has 13 heteroatoms. The molecule has 0 aromatic heterocycles. The summed E-state index contributed by atoms with van der Waals surface area (Å²) in [6.45, 7) is -0.375. The molecule has 0 fully saturated rings. The van der Waals surface area contributed by atoms with Crippen molar-refractivity contribution in [2.75, 3.05) is 12.3 Å². The van der Waals surface area contributed by atoms with Crippen LogP contribution in [0.5, 0.6) is 0 Å². The third-order valence-electron chi connectivity index (χ3n) is 5.06. The lowest BCUT2D eigenvalue weighted by Crippen LogP contribution is -2.50. The molecule has 0 saturated carbocycles. The van der Waals surface area contributed by atoms with Crippen LogP contribution >= 0.6 is 27.7 Å². The Bertz CT molecular complexity index is 1100. The molecule has 0 aliphatic heterocycles. The van der Waals surface area contributed by atoms with E-state index in [0.29, 0.717) is 5.75 Å². The first kappa shape index (κ1) is 30.6. The minimum atomic E-state index is -1.15. The molecule has 0 bridgehead atoms. The van der Waals surface area contributed by atoms with Crippen LogP contribution in [-0.4, -0.2) is 54.1 Å². The highest BCUT2D eigenvalue weighted by Crippen LogP contribution is 2.17. The molecule has 2 atom stereocenters. The van der Waals surface area contributed by atoms with Gasteiger partial charge in [-0.15, -0.1) is 0 Å². The molecule has 7 N–H and O–H groups in total. The lowest BCUT2D eigenvalue weighted by molar-refractivity contribution is -0.129. The first-order valence-electron chi connectivity index (χ1n) is 11.6.